The number of hydrogen-bond donors (Lipinski definition) is 2. The number of carbonyl (C=O) groups excluding carboxylic acids is 1. The maximum absolute atomic E-state index is 11.9. The minimum absolute atomic E-state index is 0.0801. The third-order valence-electron chi connectivity index (χ3n) is 4.51. The molecule has 1 atom stereocenters. The molecule has 22 heavy (non-hydrogen) atoms. The number of nitrogens with zero attached hydrogens (tertiary/aromatic N) is 1. The molecule has 0 fully saturated rings. The smallest absolute Gasteiger partial charge is 0.327 e. The van der Waals surface area contributed by atoms with Gasteiger partial charge >= 0.3 is 6.03 Å². The number of benzene rings is 1. The van der Waals surface area contributed by atoms with Crippen LogP contribution in [0.15, 0.2) is 18.2 Å². The van der Waals surface area contributed by atoms with E-state index in [1.807, 2.05) is 6.92 Å². The molecule has 0 saturated heterocycles. The van der Waals surface area contributed by atoms with Crippen molar-refractivity contribution in [2.45, 2.75) is 58.3 Å². The number of amides is 2. The number of urea groups is 1. The van der Waals surface area contributed by atoms with Gasteiger partial charge in [-0.15, -0.1) is 0 Å². The summed E-state index contributed by atoms with van der Waals surface area (Å²) < 4.78 is 1.52. The van der Waals surface area contributed by atoms with Crippen LogP contribution in [0.5, 0.6) is 0 Å². The summed E-state index contributed by atoms with van der Waals surface area (Å²) in [4.78, 5) is 11.9. The lowest BCUT2D eigenvalue weighted by Crippen LogP contribution is -2.35. The SMILES string of the molecule is CCCNC(=O)N(S)CCC1CCCc2ccc(CC)cc21. The second kappa shape index (κ2) is 8.47. The molecule has 3 nitrogen and oxygen atoms in total. The van der Waals surface area contributed by atoms with Crippen molar-refractivity contribution >= 4 is 18.8 Å². The van der Waals surface area contributed by atoms with Crippen LogP contribution in [0.4, 0.5) is 4.79 Å². The van der Waals surface area contributed by atoms with Crippen LogP contribution >= 0.6 is 12.8 Å². The first-order valence-electron chi connectivity index (χ1n) is 8.51. The van der Waals surface area contributed by atoms with Crippen molar-refractivity contribution < 1.29 is 4.79 Å². The molecule has 1 aromatic carbocycles. The predicted molar refractivity (Wildman–Crippen MR) is 95.5 cm³/mol. The van der Waals surface area contributed by atoms with Gasteiger partial charge in [-0.3, -0.25) is 4.31 Å². The van der Waals surface area contributed by atoms with Crippen molar-refractivity contribution in [1.82, 2.24) is 9.62 Å². The number of fused-ring (bicyclic) bond motifs is 1. The summed E-state index contributed by atoms with van der Waals surface area (Å²) in [6.45, 7) is 5.65. The average molecular weight is 321 g/mol. The molecule has 0 aromatic heterocycles. The number of thiol groups is 1. The topological polar surface area (TPSA) is 32.3 Å². The highest BCUT2D eigenvalue weighted by Crippen LogP contribution is 2.35. The van der Waals surface area contributed by atoms with Crippen LogP contribution in [-0.4, -0.2) is 23.4 Å². The molecule has 1 aromatic rings. The van der Waals surface area contributed by atoms with E-state index in [4.69, 9.17) is 0 Å². The maximum Gasteiger partial charge on any atom is 0.327 e. The van der Waals surface area contributed by atoms with Crippen LogP contribution in [0.2, 0.25) is 0 Å². The Hall–Kier alpha value is -1.16. The highest BCUT2D eigenvalue weighted by molar-refractivity contribution is 7.78. The predicted octanol–water partition coefficient (Wildman–Crippen LogP) is 4.33. The van der Waals surface area contributed by atoms with Crippen molar-refractivity contribution in [3.05, 3.63) is 34.9 Å². The molecule has 4 heteroatoms. The summed E-state index contributed by atoms with van der Waals surface area (Å²) in [5, 5.41) is 2.87. The number of nitrogens with one attached hydrogen (secondary N) is 1. The van der Waals surface area contributed by atoms with Crippen LogP contribution < -0.4 is 5.32 Å². The van der Waals surface area contributed by atoms with Crippen LogP contribution in [0.25, 0.3) is 0 Å². The summed E-state index contributed by atoms with van der Waals surface area (Å²) in [7, 11) is 0. The van der Waals surface area contributed by atoms with E-state index in [0.29, 0.717) is 19.0 Å². The zero-order valence-corrected chi connectivity index (χ0v) is 14.7. The van der Waals surface area contributed by atoms with Gasteiger partial charge in [0.15, 0.2) is 0 Å². The van der Waals surface area contributed by atoms with E-state index in [1.165, 1.54) is 40.3 Å². The van der Waals surface area contributed by atoms with Crippen LogP contribution in [0.1, 0.15) is 62.1 Å². The van der Waals surface area contributed by atoms with Gasteiger partial charge in [0.25, 0.3) is 0 Å². The number of carbonyl (C=O) groups is 1. The van der Waals surface area contributed by atoms with Crippen LogP contribution in [0.3, 0.4) is 0 Å². The second-order valence-electron chi connectivity index (χ2n) is 6.12. The first kappa shape index (κ1) is 17.2. The minimum Gasteiger partial charge on any atom is -0.337 e. The highest BCUT2D eigenvalue weighted by Gasteiger charge is 2.21. The lowest BCUT2D eigenvalue weighted by atomic mass is 9.80. The molecular formula is C18H28N2OS. The standard InChI is InChI=1S/C18H28N2OS/c1-3-11-19-18(21)20(22)12-10-16-7-5-6-15-9-8-14(4-2)13-17(15)16/h8-9,13,16,22H,3-7,10-12H2,1-2H3,(H,19,21). The molecule has 0 bridgehead atoms. The lowest BCUT2D eigenvalue weighted by Gasteiger charge is -2.27. The zero-order chi connectivity index (χ0) is 15.9. The van der Waals surface area contributed by atoms with E-state index in [2.05, 4.69) is 43.3 Å². The average Bonchev–Trinajstić information content (AvgIpc) is 2.56. The first-order chi connectivity index (χ1) is 10.7. The van der Waals surface area contributed by atoms with E-state index >= 15 is 0 Å². The normalized spacial score (nSPS) is 17.0. The Kier molecular flexibility index (Phi) is 6.62. The monoisotopic (exact) mass is 320 g/mol. The molecule has 1 N–H and O–H groups in total. The summed E-state index contributed by atoms with van der Waals surface area (Å²) in [5.74, 6) is 0.559. The van der Waals surface area contributed by atoms with E-state index in [-0.39, 0.29) is 6.03 Å². The Labute approximate surface area is 140 Å². The third kappa shape index (κ3) is 4.42. The first-order valence-corrected chi connectivity index (χ1v) is 8.91. The van der Waals surface area contributed by atoms with Crippen LogP contribution in [0, 0.1) is 0 Å². The third-order valence-corrected chi connectivity index (χ3v) is 4.89. The molecular weight excluding hydrogens is 292 g/mol. The molecule has 122 valence electrons. The maximum atomic E-state index is 11.9. The molecule has 0 heterocycles. The quantitative estimate of drug-likeness (QED) is 0.752. The Balaban J connectivity index is 1.96. The fourth-order valence-electron chi connectivity index (χ4n) is 3.17. The van der Waals surface area contributed by atoms with Gasteiger partial charge in [0.1, 0.15) is 0 Å². The van der Waals surface area contributed by atoms with Crippen LogP contribution in [-0.2, 0) is 12.8 Å². The molecule has 0 aliphatic heterocycles. The molecule has 1 unspecified atom stereocenters. The molecule has 2 rings (SSSR count). The Morgan fingerprint density at radius 2 is 2.23 bits per heavy atom. The summed E-state index contributed by atoms with van der Waals surface area (Å²) >= 11 is 4.33. The van der Waals surface area contributed by atoms with E-state index in [1.54, 1.807) is 0 Å². The van der Waals surface area contributed by atoms with Gasteiger partial charge in [-0.25, -0.2) is 4.79 Å². The van der Waals surface area contributed by atoms with Gasteiger partial charge in [0.2, 0.25) is 0 Å². The van der Waals surface area contributed by atoms with E-state index in [9.17, 15) is 4.79 Å². The lowest BCUT2D eigenvalue weighted by molar-refractivity contribution is 0.225. The van der Waals surface area contributed by atoms with Crippen molar-refractivity contribution in [3.63, 3.8) is 0 Å². The van der Waals surface area contributed by atoms with E-state index < -0.39 is 0 Å². The fraction of sp³-hybridized carbons (Fsp3) is 0.611. The van der Waals surface area contributed by atoms with Crippen molar-refractivity contribution in [3.8, 4) is 0 Å². The van der Waals surface area contributed by atoms with Crippen molar-refractivity contribution in [1.29, 1.82) is 0 Å². The van der Waals surface area contributed by atoms with Crippen molar-refractivity contribution in [2.24, 2.45) is 0 Å². The highest BCUT2D eigenvalue weighted by atomic mass is 32.1. The molecule has 1 aliphatic rings. The largest absolute Gasteiger partial charge is 0.337 e. The molecule has 1 aliphatic carbocycles. The molecule has 2 amide bonds. The van der Waals surface area contributed by atoms with Gasteiger partial charge < -0.3 is 5.32 Å². The van der Waals surface area contributed by atoms with Gasteiger partial charge in [-0.2, -0.15) is 0 Å². The summed E-state index contributed by atoms with van der Waals surface area (Å²) in [6.07, 6.45) is 6.68. The van der Waals surface area contributed by atoms with Gasteiger partial charge in [-0.1, -0.05) is 44.9 Å². The Morgan fingerprint density at radius 3 is 2.95 bits per heavy atom. The Morgan fingerprint density at radius 1 is 1.41 bits per heavy atom. The number of rotatable bonds is 6. The van der Waals surface area contributed by atoms with Gasteiger partial charge in [0, 0.05) is 13.1 Å². The van der Waals surface area contributed by atoms with Crippen molar-refractivity contribution in [2.75, 3.05) is 13.1 Å². The number of hydrogen-bond acceptors (Lipinski definition) is 2. The van der Waals surface area contributed by atoms with Gasteiger partial charge in [-0.05, 0) is 61.1 Å². The summed E-state index contributed by atoms with van der Waals surface area (Å²) in [6, 6.07) is 6.85. The fourth-order valence-corrected chi connectivity index (χ4v) is 3.36. The minimum atomic E-state index is -0.0801. The zero-order valence-electron chi connectivity index (χ0n) is 13.8. The number of aryl methyl sites for hydroxylation is 2. The van der Waals surface area contributed by atoms with Gasteiger partial charge in [0.05, 0.1) is 0 Å². The second-order valence-corrected chi connectivity index (χ2v) is 6.60. The Bertz CT molecular complexity index is 504. The molecule has 0 saturated carbocycles. The summed E-state index contributed by atoms with van der Waals surface area (Å²) in [5.41, 5.74) is 4.41. The molecule has 0 spiro atoms. The van der Waals surface area contributed by atoms with E-state index in [0.717, 1.165) is 19.3 Å². The molecule has 0 radical (unpaired) electrons.